The Hall–Kier alpha value is -3.22. The van der Waals surface area contributed by atoms with Crippen LogP contribution >= 0.6 is 0 Å². The maximum Gasteiger partial charge on any atom is 0.228 e. The number of carbonyl (C=O) groups is 1. The number of amides is 1. The van der Waals surface area contributed by atoms with Crippen molar-refractivity contribution in [3.63, 3.8) is 0 Å². The van der Waals surface area contributed by atoms with E-state index in [-0.39, 0.29) is 11.3 Å². The van der Waals surface area contributed by atoms with Gasteiger partial charge in [0, 0.05) is 45.3 Å². The highest BCUT2D eigenvalue weighted by Gasteiger charge is 2.49. The van der Waals surface area contributed by atoms with Crippen LogP contribution in [0.15, 0.2) is 55.0 Å². The highest BCUT2D eigenvalue weighted by atomic mass is 16.2. The van der Waals surface area contributed by atoms with Crippen molar-refractivity contribution in [3.05, 3.63) is 72.1 Å². The van der Waals surface area contributed by atoms with Crippen LogP contribution < -0.4 is 4.90 Å². The molecule has 1 saturated heterocycles. The number of hydrogen-bond donors (Lipinski definition) is 0. The number of nitrogens with zero attached hydrogens (tertiary/aromatic N) is 6. The molecule has 7 nitrogen and oxygen atoms in total. The van der Waals surface area contributed by atoms with Gasteiger partial charge in [0.1, 0.15) is 0 Å². The monoisotopic (exact) mass is 388 g/mol. The Labute approximate surface area is 170 Å². The summed E-state index contributed by atoms with van der Waals surface area (Å²) in [5.41, 5.74) is 4.03. The third kappa shape index (κ3) is 3.26. The first-order valence-electron chi connectivity index (χ1n) is 10.00. The second-order valence-electron chi connectivity index (χ2n) is 8.05. The Morgan fingerprint density at radius 3 is 2.76 bits per heavy atom. The maximum absolute atomic E-state index is 12.9. The van der Waals surface area contributed by atoms with Crippen molar-refractivity contribution in [1.29, 1.82) is 0 Å². The molecular weight excluding hydrogens is 364 g/mol. The quantitative estimate of drug-likeness (QED) is 0.683. The fraction of sp³-hybridized carbons (Fsp3) is 0.364. The molecule has 0 bridgehead atoms. The molecule has 1 spiro atoms. The predicted octanol–water partition coefficient (Wildman–Crippen LogP) is 1.94. The number of carbonyl (C=O) groups excluding carboxylic acids is 1. The smallest absolute Gasteiger partial charge is 0.228 e. The van der Waals surface area contributed by atoms with Crippen molar-refractivity contribution in [3.8, 4) is 0 Å². The van der Waals surface area contributed by atoms with Crippen molar-refractivity contribution in [2.75, 3.05) is 24.5 Å². The lowest BCUT2D eigenvalue weighted by molar-refractivity contribution is -0.129. The molecule has 0 N–H and O–H groups in total. The first-order valence-corrected chi connectivity index (χ1v) is 10.00. The molecular formula is C22H24N6O. The fourth-order valence-electron chi connectivity index (χ4n) is 4.65. The van der Waals surface area contributed by atoms with Crippen molar-refractivity contribution in [2.45, 2.75) is 24.8 Å². The van der Waals surface area contributed by atoms with Gasteiger partial charge >= 0.3 is 0 Å². The van der Waals surface area contributed by atoms with E-state index in [4.69, 9.17) is 4.98 Å². The summed E-state index contributed by atoms with van der Waals surface area (Å²) in [4.78, 5) is 26.5. The number of anilines is 1. The minimum atomic E-state index is -0.106. The SMILES string of the molecule is Cn1ccc(CC(=O)N2CCC3(C2)CN(Cc2ccccn2)c2cccnc23)n1. The molecule has 0 aromatic carbocycles. The molecule has 1 amide bonds. The average molecular weight is 388 g/mol. The molecule has 3 aromatic heterocycles. The normalized spacial score (nSPS) is 20.4. The number of fused-ring (bicyclic) bond motifs is 2. The molecule has 1 fully saturated rings. The van der Waals surface area contributed by atoms with Crippen LogP contribution in [0.4, 0.5) is 5.69 Å². The van der Waals surface area contributed by atoms with E-state index in [2.05, 4.69) is 27.1 Å². The molecule has 0 radical (unpaired) electrons. The molecule has 1 unspecified atom stereocenters. The van der Waals surface area contributed by atoms with E-state index in [9.17, 15) is 4.79 Å². The van der Waals surface area contributed by atoms with Gasteiger partial charge < -0.3 is 9.80 Å². The third-order valence-corrected chi connectivity index (χ3v) is 6.01. The molecule has 148 valence electrons. The average Bonchev–Trinajstić information content (AvgIpc) is 3.42. The molecule has 5 heterocycles. The van der Waals surface area contributed by atoms with E-state index in [0.717, 1.165) is 48.8 Å². The number of aromatic nitrogens is 4. The van der Waals surface area contributed by atoms with E-state index in [0.29, 0.717) is 13.0 Å². The van der Waals surface area contributed by atoms with Crippen LogP contribution in [0.2, 0.25) is 0 Å². The van der Waals surface area contributed by atoms with Crippen LogP contribution in [-0.2, 0) is 30.2 Å². The van der Waals surface area contributed by atoms with Gasteiger partial charge in [-0.2, -0.15) is 5.10 Å². The summed E-state index contributed by atoms with van der Waals surface area (Å²) >= 11 is 0. The van der Waals surface area contributed by atoms with Gasteiger partial charge in [-0.05, 0) is 36.8 Å². The summed E-state index contributed by atoms with van der Waals surface area (Å²) in [5, 5.41) is 4.35. The Kier molecular flexibility index (Phi) is 4.30. The first-order chi connectivity index (χ1) is 14.1. The van der Waals surface area contributed by atoms with Gasteiger partial charge in [0.15, 0.2) is 0 Å². The Balaban J connectivity index is 1.36. The van der Waals surface area contributed by atoms with Crippen LogP contribution in [0.25, 0.3) is 0 Å². The van der Waals surface area contributed by atoms with E-state index in [1.54, 1.807) is 4.68 Å². The molecule has 5 rings (SSSR count). The van der Waals surface area contributed by atoms with Crippen LogP contribution in [0.3, 0.4) is 0 Å². The zero-order valence-electron chi connectivity index (χ0n) is 16.5. The van der Waals surface area contributed by atoms with Gasteiger partial charge in [-0.3, -0.25) is 19.4 Å². The molecule has 0 saturated carbocycles. The van der Waals surface area contributed by atoms with E-state index in [1.165, 1.54) is 0 Å². The largest absolute Gasteiger partial charge is 0.363 e. The van der Waals surface area contributed by atoms with Crippen molar-refractivity contribution >= 4 is 11.6 Å². The van der Waals surface area contributed by atoms with Crippen LogP contribution in [0.1, 0.15) is 23.5 Å². The zero-order valence-corrected chi connectivity index (χ0v) is 16.5. The van der Waals surface area contributed by atoms with Gasteiger partial charge in [-0.1, -0.05) is 6.07 Å². The Bertz CT molecular complexity index is 1030. The fourth-order valence-corrected chi connectivity index (χ4v) is 4.65. The highest BCUT2D eigenvalue weighted by Crippen LogP contribution is 2.45. The molecule has 29 heavy (non-hydrogen) atoms. The minimum Gasteiger partial charge on any atom is -0.363 e. The van der Waals surface area contributed by atoms with Gasteiger partial charge in [0.25, 0.3) is 0 Å². The predicted molar refractivity (Wildman–Crippen MR) is 109 cm³/mol. The Morgan fingerprint density at radius 1 is 1.07 bits per heavy atom. The second-order valence-corrected chi connectivity index (χ2v) is 8.05. The zero-order chi connectivity index (χ0) is 19.8. The number of hydrogen-bond acceptors (Lipinski definition) is 5. The van der Waals surface area contributed by atoms with Crippen LogP contribution in [-0.4, -0.2) is 50.2 Å². The molecule has 2 aliphatic rings. The number of rotatable bonds is 4. The lowest BCUT2D eigenvalue weighted by Crippen LogP contribution is -2.39. The number of likely N-dealkylation sites (tertiary alicyclic amines) is 1. The maximum atomic E-state index is 12.9. The highest BCUT2D eigenvalue weighted by molar-refractivity contribution is 5.79. The third-order valence-electron chi connectivity index (χ3n) is 6.01. The van der Waals surface area contributed by atoms with Crippen LogP contribution in [0.5, 0.6) is 0 Å². The molecule has 7 heteroatoms. The lowest BCUT2D eigenvalue weighted by Gasteiger charge is -2.25. The lowest BCUT2D eigenvalue weighted by atomic mass is 9.85. The minimum absolute atomic E-state index is 0.106. The number of aryl methyl sites for hydroxylation is 1. The summed E-state index contributed by atoms with van der Waals surface area (Å²) in [5.74, 6) is 0.140. The van der Waals surface area contributed by atoms with Gasteiger partial charge in [-0.25, -0.2) is 0 Å². The summed E-state index contributed by atoms with van der Waals surface area (Å²) in [7, 11) is 1.87. The topological polar surface area (TPSA) is 67.2 Å². The summed E-state index contributed by atoms with van der Waals surface area (Å²) < 4.78 is 1.74. The van der Waals surface area contributed by atoms with Crippen molar-refractivity contribution < 1.29 is 4.79 Å². The standard InChI is InChI=1S/C22H24N6O/c1-26-11-7-17(25-26)13-20(29)27-12-8-22(15-27)16-28(14-18-5-2-3-9-23-18)19-6-4-10-24-21(19)22/h2-7,9-11H,8,12-16H2,1H3. The second kappa shape index (κ2) is 6.99. The molecule has 3 aromatic rings. The molecule has 1 atom stereocenters. The summed E-state index contributed by atoms with van der Waals surface area (Å²) in [6, 6.07) is 12.0. The van der Waals surface area contributed by atoms with Gasteiger partial charge in [0.2, 0.25) is 5.91 Å². The summed E-state index contributed by atoms with van der Waals surface area (Å²) in [6.45, 7) is 3.09. The van der Waals surface area contributed by atoms with Crippen LogP contribution in [0, 0.1) is 0 Å². The van der Waals surface area contributed by atoms with Gasteiger partial charge in [0.05, 0.1) is 41.1 Å². The van der Waals surface area contributed by atoms with E-state index < -0.39 is 0 Å². The van der Waals surface area contributed by atoms with Crippen molar-refractivity contribution in [2.24, 2.45) is 7.05 Å². The Morgan fingerprint density at radius 2 is 1.97 bits per heavy atom. The van der Waals surface area contributed by atoms with E-state index in [1.807, 2.05) is 54.8 Å². The number of pyridine rings is 2. The van der Waals surface area contributed by atoms with Gasteiger partial charge in [-0.15, -0.1) is 0 Å². The summed E-state index contributed by atoms with van der Waals surface area (Å²) in [6.07, 6.45) is 6.86. The first kappa shape index (κ1) is 17.8. The molecule has 0 aliphatic carbocycles. The molecule has 2 aliphatic heterocycles. The van der Waals surface area contributed by atoms with E-state index >= 15 is 0 Å². The van der Waals surface area contributed by atoms with Crippen molar-refractivity contribution in [1.82, 2.24) is 24.6 Å².